The van der Waals surface area contributed by atoms with Gasteiger partial charge in [0, 0.05) is 51.5 Å². The van der Waals surface area contributed by atoms with E-state index in [1.165, 1.54) is 5.69 Å². The molecule has 2 heterocycles. The summed E-state index contributed by atoms with van der Waals surface area (Å²) in [5.41, 5.74) is 0.0733. The monoisotopic (exact) mass is 359 g/mol. The SMILES string of the molecule is CC(C)(C)CN1CCCC(O)(CN2CCN(c3ccccc3)CC2)C1=O. The fraction of sp³-hybridized carbons (Fsp3) is 0.667. The van der Waals surface area contributed by atoms with Gasteiger partial charge in [0.1, 0.15) is 0 Å². The van der Waals surface area contributed by atoms with Crippen LogP contribution in [0.5, 0.6) is 0 Å². The molecule has 2 aliphatic heterocycles. The first-order valence-corrected chi connectivity index (χ1v) is 9.81. The number of amides is 1. The zero-order chi connectivity index (χ0) is 18.8. The summed E-state index contributed by atoms with van der Waals surface area (Å²) in [4.78, 5) is 19.4. The van der Waals surface area contributed by atoms with Crippen LogP contribution in [-0.2, 0) is 4.79 Å². The summed E-state index contributed by atoms with van der Waals surface area (Å²) in [7, 11) is 0. The van der Waals surface area contributed by atoms with Gasteiger partial charge < -0.3 is 14.9 Å². The van der Waals surface area contributed by atoms with Crippen LogP contribution in [0.2, 0.25) is 0 Å². The number of nitrogens with zero attached hydrogens (tertiary/aromatic N) is 3. The smallest absolute Gasteiger partial charge is 0.255 e. The zero-order valence-corrected chi connectivity index (χ0v) is 16.4. The highest BCUT2D eigenvalue weighted by Crippen LogP contribution is 2.27. The van der Waals surface area contributed by atoms with Gasteiger partial charge in [0.15, 0.2) is 5.60 Å². The molecule has 5 heteroatoms. The maximum atomic E-state index is 12.9. The van der Waals surface area contributed by atoms with Crippen molar-refractivity contribution in [1.29, 1.82) is 0 Å². The van der Waals surface area contributed by atoms with Crippen molar-refractivity contribution in [2.24, 2.45) is 5.41 Å². The molecule has 1 atom stereocenters. The standard InChI is InChI=1S/C21H33N3O2/c1-20(2,3)16-24-11-7-10-21(26,19(24)25)17-22-12-14-23(15-13-22)18-8-5-4-6-9-18/h4-6,8-9,26H,7,10-17H2,1-3H3. The number of benzene rings is 1. The van der Waals surface area contributed by atoms with E-state index in [1.54, 1.807) is 0 Å². The van der Waals surface area contributed by atoms with E-state index in [0.29, 0.717) is 19.5 Å². The van der Waals surface area contributed by atoms with Gasteiger partial charge in [0.05, 0.1) is 0 Å². The average Bonchev–Trinajstić information content (AvgIpc) is 2.59. The number of rotatable bonds is 4. The second-order valence-corrected chi connectivity index (χ2v) is 9.02. The number of aliphatic hydroxyl groups is 1. The third kappa shape index (κ3) is 4.57. The first-order valence-electron chi connectivity index (χ1n) is 9.81. The van der Waals surface area contributed by atoms with Crippen LogP contribution in [0.1, 0.15) is 33.6 Å². The van der Waals surface area contributed by atoms with Crippen LogP contribution in [0.25, 0.3) is 0 Å². The molecule has 1 unspecified atom stereocenters. The third-order valence-corrected chi connectivity index (χ3v) is 5.35. The lowest BCUT2D eigenvalue weighted by molar-refractivity contribution is -0.161. The van der Waals surface area contributed by atoms with E-state index in [9.17, 15) is 9.90 Å². The zero-order valence-electron chi connectivity index (χ0n) is 16.4. The van der Waals surface area contributed by atoms with Crippen LogP contribution in [0.15, 0.2) is 30.3 Å². The van der Waals surface area contributed by atoms with Crippen molar-refractivity contribution in [2.45, 2.75) is 39.2 Å². The summed E-state index contributed by atoms with van der Waals surface area (Å²) in [5.74, 6) is -0.0795. The van der Waals surface area contributed by atoms with Gasteiger partial charge in [0.25, 0.3) is 5.91 Å². The molecule has 3 rings (SSSR count). The van der Waals surface area contributed by atoms with Crippen molar-refractivity contribution in [2.75, 3.05) is 50.7 Å². The molecule has 1 amide bonds. The Balaban J connectivity index is 1.57. The predicted molar refractivity (Wildman–Crippen MR) is 105 cm³/mol. The van der Waals surface area contributed by atoms with Crippen LogP contribution in [0.3, 0.4) is 0 Å². The number of likely N-dealkylation sites (tertiary alicyclic amines) is 1. The number of carbonyl (C=O) groups is 1. The van der Waals surface area contributed by atoms with Gasteiger partial charge in [-0.2, -0.15) is 0 Å². The fourth-order valence-electron chi connectivity index (χ4n) is 4.11. The van der Waals surface area contributed by atoms with Crippen molar-refractivity contribution < 1.29 is 9.90 Å². The Morgan fingerprint density at radius 1 is 1.04 bits per heavy atom. The number of piperazine rings is 1. The highest BCUT2D eigenvalue weighted by molar-refractivity contribution is 5.86. The molecule has 2 saturated heterocycles. The Bertz CT molecular complexity index is 605. The van der Waals surface area contributed by atoms with Gasteiger partial charge in [-0.15, -0.1) is 0 Å². The minimum Gasteiger partial charge on any atom is -0.379 e. The summed E-state index contributed by atoms with van der Waals surface area (Å²) >= 11 is 0. The number of β-amino-alcohol motifs (C(OH)–C–C–N with tert-alkyl or cyclic N) is 1. The number of anilines is 1. The minimum absolute atomic E-state index is 0.0508. The number of carbonyl (C=O) groups excluding carboxylic acids is 1. The Morgan fingerprint density at radius 3 is 2.31 bits per heavy atom. The molecule has 0 spiro atoms. The fourth-order valence-corrected chi connectivity index (χ4v) is 4.11. The van der Waals surface area contributed by atoms with E-state index in [2.05, 4.69) is 54.8 Å². The lowest BCUT2D eigenvalue weighted by atomic mass is 9.88. The quantitative estimate of drug-likeness (QED) is 0.895. The molecule has 1 N–H and O–H groups in total. The second-order valence-electron chi connectivity index (χ2n) is 9.02. The van der Waals surface area contributed by atoms with Crippen LogP contribution in [-0.4, -0.2) is 72.2 Å². The number of para-hydroxylation sites is 1. The molecule has 2 fully saturated rings. The summed E-state index contributed by atoms with van der Waals surface area (Å²) in [6.07, 6.45) is 1.45. The first-order chi connectivity index (χ1) is 12.3. The molecule has 26 heavy (non-hydrogen) atoms. The molecule has 144 valence electrons. The summed E-state index contributed by atoms with van der Waals surface area (Å²) in [5, 5.41) is 11.1. The molecule has 1 aromatic rings. The van der Waals surface area contributed by atoms with E-state index < -0.39 is 5.60 Å². The molecule has 0 bridgehead atoms. The normalized spacial score (nSPS) is 25.6. The second kappa shape index (κ2) is 7.57. The number of hydrogen-bond acceptors (Lipinski definition) is 4. The van der Waals surface area contributed by atoms with Gasteiger partial charge in [-0.05, 0) is 30.4 Å². The summed E-state index contributed by atoms with van der Waals surface area (Å²) < 4.78 is 0. The van der Waals surface area contributed by atoms with E-state index >= 15 is 0 Å². The molecular weight excluding hydrogens is 326 g/mol. The van der Waals surface area contributed by atoms with Gasteiger partial charge in [-0.3, -0.25) is 9.69 Å². The molecular formula is C21H33N3O2. The molecule has 1 aromatic carbocycles. The Labute approximate surface area is 157 Å². The van der Waals surface area contributed by atoms with E-state index in [0.717, 1.165) is 39.1 Å². The summed E-state index contributed by atoms with van der Waals surface area (Å²) in [6, 6.07) is 10.4. The molecule has 0 saturated carbocycles. The van der Waals surface area contributed by atoms with Crippen LogP contribution in [0, 0.1) is 5.41 Å². The minimum atomic E-state index is -1.22. The van der Waals surface area contributed by atoms with Crippen molar-refractivity contribution >= 4 is 11.6 Å². The van der Waals surface area contributed by atoms with Crippen molar-refractivity contribution in [1.82, 2.24) is 9.80 Å². The average molecular weight is 360 g/mol. The van der Waals surface area contributed by atoms with Crippen LogP contribution in [0.4, 0.5) is 5.69 Å². The van der Waals surface area contributed by atoms with Crippen LogP contribution < -0.4 is 4.90 Å². The highest BCUT2D eigenvalue weighted by atomic mass is 16.3. The van der Waals surface area contributed by atoms with Crippen molar-refractivity contribution in [3.8, 4) is 0 Å². The molecule has 2 aliphatic rings. The van der Waals surface area contributed by atoms with Gasteiger partial charge in [-0.25, -0.2) is 0 Å². The third-order valence-electron chi connectivity index (χ3n) is 5.35. The Kier molecular flexibility index (Phi) is 5.58. The number of piperidine rings is 1. The van der Waals surface area contributed by atoms with Crippen molar-refractivity contribution in [3.05, 3.63) is 30.3 Å². The van der Waals surface area contributed by atoms with Gasteiger partial charge >= 0.3 is 0 Å². The summed E-state index contributed by atoms with van der Waals surface area (Å²) in [6.45, 7) is 11.9. The number of hydrogen-bond donors (Lipinski definition) is 1. The maximum Gasteiger partial charge on any atom is 0.255 e. The molecule has 5 nitrogen and oxygen atoms in total. The van der Waals surface area contributed by atoms with E-state index in [1.807, 2.05) is 11.0 Å². The Morgan fingerprint density at radius 2 is 1.69 bits per heavy atom. The molecule has 0 radical (unpaired) electrons. The van der Waals surface area contributed by atoms with Gasteiger partial charge in [0.2, 0.25) is 0 Å². The molecule has 0 aromatic heterocycles. The lowest BCUT2D eigenvalue weighted by Gasteiger charge is -2.44. The van der Waals surface area contributed by atoms with Crippen molar-refractivity contribution in [3.63, 3.8) is 0 Å². The topological polar surface area (TPSA) is 47.0 Å². The van der Waals surface area contributed by atoms with Crippen LogP contribution >= 0.6 is 0 Å². The van der Waals surface area contributed by atoms with E-state index in [-0.39, 0.29) is 11.3 Å². The lowest BCUT2D eigenvalue weighted by Crippen LogP contribution is -2.61. The first kappa shape index (κ1) is 19.2. The van der Waals surface area contributed by atoms with Gasteiger partial charge in [-0.1, -0.05) is 39.0 Å². The largest absolute Gasteiger partial charge is 0.379 e. The predicted octanol–water partition coefficient (Wildman–Crippen LogP) is 2.21. The Hall–Kier alpha value is -1.59. The highest BCUT2D eigenvalue weighted by Gasteiger charge is 2.44. The maximum absolute atomic E-state index is 12.9. The van der Waals surface area contributed by atoms with E-state index in [4.69, 9.17) is 0 Å². The molecule has 0 aliphatic carbocycles.